The lowest BCUT2D eigenvalue weighted by Crippen LogP contribution is -2.33. The van der Waals surface area contributed by atoms with Gasteiger partial charge < -0.3 is 10.1 Å². The van der Waals surface area contributed by atoms with E-state index in [0.29, 0.717) is 21.3 Å². The number of ether oxygens (including phenoxy) is 1. The third-order valence-corrected chi connectivity index (χ3v) is 10.4. The van der Waals surface area contributed by atoms with Gasteiger partial charge in [-0.25, -0.2) is 4.90 Å². The summed E-state index contributed by atoms with van der Waals surface area (Å²) in [5.41, 5.74) is 1.33. The lowest BCUT2D eigenvalue weighted by Gasteiger charge is -2.30. The number of fused-ring (bicyclic) bond motifs is 2. The normalized spacial score (nSPS) is 19.1. The zero-order chi connectivity index (χ0) is 30.4. The number of nitrogens with zero attached hydrogens (tertiary/aromatic N) is 3. The van der Waals surface area contributed by atoms with Crippen molar-refractivity contribution in [3.05, 3.63) is 107 Å². The molecule has 0 aliphatic carbocycles. The number of hydrogen-bond donors (Lipinski definition) is 1. The van der Waals surface area contributed by atoms with Gasteiger partial charge in [-0.2, -0.15) is 0 Å². The highest BCUT2D eigenvalue weighted by Crippen LogP contribution is 2.54. The summed E-state index contributed by atoms with van der Waals surface area (Å²) in [6.07, 6.45) is 0. The Hall–Kier alpha value is -4.27. The van der Waals surface area contributed by atoms with Gasteiger partial charge in [-0.15, -0.1) is 0 Å². The minimum absolute atomic E-state index is 0.165. The maximum Gasteiger partial charge on any atom is 0.308 e. The van der Waals surface area contributed by atoms with Crippen LogP contribution in [0.5, 0.6) is 5.75 Å². The zero-order valence-corrected chi connectivity index (χ0v) is 25.5. The Balaban J connectivity index is 1.37. The molecule has 0 radical (unpaired) electrons. The van der Waals surface area contributed by atoms with Crippen molar-refractivity contribution in [3.8, 4) is 5.75 Å². The second kappa shape index (κ2) is 11.4. The Morgan fingerprint density at radius 2 is 1.67 bits per heavy atom. The molecule has 2 aliphatic rings. The van der Waals surface area contributed by atoms with Gasteiger partial charge in [0.1, 0.15) is 17.5 Å². The van der Waals surface area contributed by atoms with Gasteiger partial charge in [-0.3, -0.25) is 33.9 Å². The second-order valence-electron chi connectivity index (χ2n) is 9.78. The van der Waals surface area contributed by atoms with Gasteiger partial charge in [0.2, 0.25) is 17.7 Å². The number of aromatic nitrogens is 1. The van der Waals surface area contributed by atoms with Crippen LogP contribution in [-0.2, 0) is 20.9 Å². The van der Waals surface area contributed by atoms with Gasteiger partial charge in [-0.05, 0) is 54.1 Å². The molecule has 11 nitrogen and oxygen atoms in total. The van der Waals surface area contributed by atoms with Crippen LogP contribution in [0.1, 0.15) is 16.4 Å². The van der Waals surface area contributed by atoms with E-state index in [4.69, 9.17) is 4.74 Å². The summed E-state index contributed by atoms with van der Waals surface area (Å²) in [6, 6.07) is 19.3. The summed E-state index contributed by atoms with van der Waals surface area (Å²) in [5.74, 6) is -2.21. The third-order valence-electron chi connectivity index (χ3n) is 7.27. The molecule has 43 heavy (non-hydrogen) atoms. The Morgan fingerprint density at radius 1 is 1.00 bits per heavy atom. The summed E-state index contributed by atoms with van der Waals surface area (Å²) in [6.45, 7) is -0.289. The van der Waals surface area contributed by atoms with Crippen molar-refractivity contribution in [2.75, 3.05) is 17.3 Å². The molecule has 2 aliphatic heterocycles. The maximum absolute atomic E-state index is 13.9. The number of nitro benzene ring substituents is 1. The van der Waals surface area contributed by atoms with Crippen molar-refractivity contribution in [1.29, 1.82) is 0 Å². The molecule has 1 aromatic heterocycles. The van der Waals surface area contributed by atoms with Crippen molar-refractivity contribution in [3.63, 3.8) is 0 Å². The van der Waals surface area contributed by atoms with Crippen molar-refractivity contribution >= 4 is 73.8 Å². The molecule has 0 bridgehead atoms. The monoisotopic (exact) mass is 680 g/mol. The fourth-order valence-corrected chi connectivity index (χ4v) is 8.32. The zero-order valence-electron chi connectivity index (χ0n) is 22.3. The fraction of sp³-hybridized carbons (Fsp3) is 0.172. The van der Waals surface area contributed by atoms with E-state index < -0.39 is 39.7 Å². The highest BCUT2D eigenvalue weighted by atomic mass is 79.9. The van der Waals surface area contributed by atoms with E-state index >= 15 is 0 Å². The van der Waals surface area contributed by atoms with Gasteiger partial charge in [0.05, 0.1) is 28.7 Å². The largest absolute Gasteiger partial charge is 0.497 e. The Kier molecular flexibility index (Phi) is 7.66. The van der Waals surface area contributed by atoms with Crippen LogP contribution in [0.15, 0.2) is 87.1 Å². The molecule has 0 spiro atoms. The van der Waals surface area contributed by atoms with E-state index in [0.717, 1.165) is 38.0 Å². The lowest BCUT2D eigenvalue weighted by molar-refractivity contribution is -0.384. The van der Waals surface area contributed by atoms with E-state index in [2.05, 4.69) is 21.2 Å². The molecule has 6 rings (SSSR count). The van der Waals surface area contributed by atoms with E-state index in [-0.39, 0.29) is 22.8 Å². The van der Waals surface area contributed by atoms with Crippen LogP contribution in [-0.4, -0.2) is 39.6 Å². The molecule has 3 atom stereocenters. The number of methoxy groups -OCH3 is 1. The Bertz CT molecular complexity index is 1820. The number of imide groups is 1. The predicted molar refractivity (Wildman–Crippen MR) is 165 cm³/mol. The summed E-state index contributed by atoms with van der Waals surface area (Å²) < 4.78 is 7.31. The van der Waals surface area contributed by atoms with Crippen LogP contribution in [0, 0.1) is 16.0 Å². The minimum Gasteiger partial charge on any atom is -0.497 e. The summed E-state index contributed by atoms with van der Waals surface area (Å²) >= 11 is 5.48. The summed E-state index contributed by atoms with van der Waals surface area (Å²) in [7, 11) is 1.54. The summed E-state index contributed by atoms with van der Waals surface area (Å²) in [4.78, 5) is 65.9. The number of nitro groups is 1. The van der Waals surface area contributed by atoms with Gasteiger partial charge >= 0.3 is 4.87 Å². The van der Waals surface area contributed by atoms with Gasteiger partial charge in [0.25, 0.3) is 5.69 Å². The molecule has 3 unspecified atom stereocenters. The molecule has 1 saturated heterocycles. The van der Waals surface area contributed by atoms with E-state index in [1.54, 1.807) is 24.3 Å². The number of carbonyl (C=O) groups is 3. The number of non-ortho nitro benzene ring substituents is 1. The SMILES string of the molecule is COc1ccc(NC(=O)Cn2c3c(sc2=O)C(c2ccc(Br)cc2)C2C(=O)N(c4ccc([N+](=O)[O-])cc4)C(=O)C2S3)cc1. The van der Waals surface area contributed by atoms with Crippen LogP contribution >= 0.6 is 39.0 Å². The number of hydrogen-bond acceptors (Lipinski definition) is 9. The van der Waals surface area contributed by atoms with E-state index in [9.17, 15) is 29.3 Å². The van der Waals surface area contributed by atoms with Crippen molar-refractivity contribution in [1.82, 2.24) is 4.57 Å². The first-order valence-electron chi connectivity index (χ1n) is 12.9. The number of anilines is 2. The molecule has 3 heterocycles. The minimum atomic E-state index is -0.881. The smallest absolute Gasteiger partial charge is 0.308 e. The highest BCUT2D eigenvalue weighted by molar-refractivity contribution is 9.10. The number of thiazole rings is 1. The van der Waals surface area contributed by atoms with Crippen LogP contribution in [0.4, 0.5) is 17.1 Å². The van der Waals surface area contributed by atoms with Gasteiger partial charge in [0, 0.05) is 33.1 Å². The van der Waals surface area contributed by atoms with Gasteiger partial charge in [0.15, 0.2) is 0 Å². The first kappa shape index (κ1) is 28.8. The molecule has 0 saturated carbocycles. The van der Waals surface area contributed by atoms with Crippen molar-refractivity contribution < 1.29 is 24.0 Å². The molecule has 14 heteroatoms. The van der Waals surface area contributed by atoms with Crippen LogP contribution in [0.2, 0.25) is 0 Å². The highest BCUT2D eigenvalue weighted by Gasteiger charge is 2.56. The first-order valence-corrected chi connectivity index (χ1v) is 15.4. The van der Waals surface area contributed by atoms with Gasteiger partial charge in [-0.1, -0.05) is 51.2 Å². The molecular formula is C29H21BrN4O7S2. The number of rotatable bonds is 7. The average molecular weight is 682 g/mol. The topological polar surface area (TPSA) is 141 Å². The molecule has 4 aromatic rings. The third kappa shape index (κ3) is 5.26. The molecule has 3 amide bonds. The maximum atomic E-state index is 13.9. The Labute approximate surface area is 260 Å². The molecule has 1 N–H and O–H groups in total. The predicted octanol–water partition coefficient (Wildman–Crippen LogP) is 5.02. The number of benzene rings is 3. The lowest BCUT2D eigenvalue weighted by atomic mass is 9.83. The average Bonchev–Trinajstić information content (AvgIpc) is 3.44. The first-order chi connectivity index (χ1) is 20.7. The Morgan fingerprint density at radius 3 is 2.30 bits per heavy atom. The van der Waals surface area contributed by atoms with Crippen LogP contribution in [0.3, 0.4) is 0 Å². The summed E-state index contributed by atoms with van der Waals surface area (Å²) in [5, 5.41) is 13.5. The van der Waals surface area contributed by atoms with Crippen LogP contribution in [0.25, 0.3) is 0 Å². The molecule has 1 fully saturated rings. The molecule has 218 valence electrons. The van der Waals surface area contributed by atoms with Crippen molar-refractivity contribution in [2.24, 2.45) is 5.92 Å². The van der Waals surface area contributed by atoms with E-state index in [1.165, 1.54) is 35.9 Å². The number of halogens is 1. The quantitative estimate of drug-likeness (QED) is 0.163. The molecule has 3 aromatic carbocycles. The number of nitrogens with one attached hydrogen (secondary N) is 1. The second-order valence-corrected chi connectivity index (χ2v) is 12.8. The van der Waals surface area contributed by atoms with Crippen LogP contribution < -0.4 is 19.8 Å². The fourth-order valence-electron chi connectivity index (χ4n) is 5.28. The number of thioether (sulfide) groups is 1. The van der Waals surface area contributed by atoms with E-state index in [1.807, 2.05) is 24.3 Å². The van der Waals surface area contributed by atoms with Crippen molar-refractivity contribution in [2.45, 2.75) is 22.7 Å². The number of amides is 3. The number of carbonyl (C=O) groups excluding carboxylic acids is 3. The standard InChI is InChI=1S/C29H21BrN4O7S2/c1-41-20-12-6-17(7-13-20)31-21(35)14-32-28-25(43-29(32)38)22(15-2-4-16(30)5-3-15)23-24(42-28)27(37)33(26(23)36)18-8-10-19(11-9-18)34(39)40/h2-13,22-24H,14H2,1H3,(H,31,35). The molecular weight excluding hydrogens is 660 g/mol.